The molecule has 0 aliphatic carbocycles. The van der Waals surface area contributed by atoms with Gasteiger partial charge in [0.1, 0.15) is 14.6 Å². The standard InChI is InChI=1S/C21H20FSi/c1-16-20(14-9-15-21(16)22)17(2)23(18-10-5-3-6-11-18)19-12-7-4-8-13-19/h3-15,17H,1-2H3/t17-/m1/s1. The van der Waals surface area contributed by atoms with Crippen molar-refractivity contribution in [1.29, 1.82) is 0 Å². The maximum atomic E-state index is 14.0. The van der Waals surface area contributed by atoms with Gasteiger partial charge in [0.05, 0.1) is 0 Å². The first kappa shape index (κ1) is 15.7. The third-order valence-electron chi connectivity index (χ3n) is 4.38. The van der Waals surface area contributed by atoms with Crippen LogP contribution in [-0.4, -0.2) is 8.80 Å². The Labute approximate surface area is 139 Å². The van der Waals surface area contributed by atoms with Gasteiger partial charge in [0.15, 0.2) is 0 Å². The lowest BCUT2D eigenvalue weighted by atomic mass is 10.1. The lowest BCUT2D eigenvalue weighted by molar-refractivity contribution is 0.615. The molecule has 3 aromatic carbocycles. The van der Waals surface area contributed by atoms with Crippen LogP contribution in [0.15, 0.2) is 78.9 Å². The van der Waals surface area contributed by atoms with E-state index in [1.807, 2.05) is 25.1 Å². The summed E-state index contributed by atoms with van der Waals surface area (Å²) < 4.78 is 14.0. The Morgan fingerprint density at radius 2 is 1.26 bits per heavy atom. The van der Waals surface area contributed by atoms with E-state index in [9.17, 15) is 4.39 Å². The van der Waals surface area contributed by atoms with E-state index in [0.717, 1.165) is 11.1 Å². The third kappa shape index (κ3) is 3.27. The van der Waals surface area contributed by atoms with Gasteiger partial charge in [-0.05, 0) is 29.7 Å². The highest BCUT2D eigenvalue weighted by atomic mass is 28.3. The molecule has 0 fully saturated rings. The van der Waals surface area contributed by atoms with Gasteiger partial charge in [0, 0.05) is 0 Å². The summed E-state index contributed by atoms with van der Waals surface area (Å²) in [6, 6.07) is 26.7. The zero-order valence-electron chi connectivity index (χ0n) is 13.5. The first-order valence-corrected chi connectivity index (χ1v) is 9.49. The largest absolute Gasteiger partial charge is 0.207 e. The molecule has 1 radical (unpaired) electrons. The number of hydrogen-bond donors (Lipinski definition) is 0. The molecule has 0 saturated heterocycles. The van der Waals surface area contributed by atoms with Gasteiger partial charge < -0.3 is 0 Å². The summed E-state index contributed by atoms with van der Waals surface area (Å²) in [4.78, 5) is 0. The van der Waals surface area contributed by atoms with Crippen molar-refractivity contribution in [2.75, 3.05) is 0 Å². The van der Waals surface area contributed by atoms with Gasteiger partial charge in [0.25, 0.3) is 0 Å². The van der Waals surface area contributed by atoms with Gasteiger partial charge in [-0.15, -0.1) is 0 Å². The molecule has 0 saturated carbocycles. The Morgan fingerprint density at radius 1 is 0.739 bits per heavy atom. The fraction of sp³-hybridized carbons (Fsp3) is 0.143. The summed E-state index contributed by atoms with van der Waals surface area (Å²) in [5, 5.41) is 2.72. The summed E-state index contributed by atoms with van der Waals surface area (Å²) in [5.74, 6) is -0.114. The van der Waals surface area contributed by atoms with Crippen molar-refractivity contribution >= 4 is 19.2 Å². The Kier molecular flexibility index (Phi) is 4.72. The van der Waals surface area contributed by atoms with E-state index in [-0.39, 0.29) is 5.82 Å². The highest BCUT2D eigenvalue weighted by Crippen LogP contribution is 2.24. The number of halogens is 1. The van der Waals surface area contributed by atoms with Crippen molar-refractivity contribution in [3.8, 4) is 0 Å². The lowest BCUT2D eigenvalue weighted by Gasteiger charge is -2.25. The monoisotopic (exact) mass is 319 g/mol. The predicted molar refractivity (Wildman–Crippen MR) is 97.5 cm³/mol. The van der Waals surface area contributed by atoms with Crippen LogP contribution in [0.3, 0.4) is 0 Å². The summed E-state index contributed by atoms with van der Waals surface area (Å²) in [5.41, 5.74) is 2.18. The molecule has 0 bridgehead atoms. The molecule has 0 unspecified atom stereocenters. The minimum absolute atomic E-state index is 0.114. The third-order valence-corrected chi connectivity index (χ3v) is 7.47. The number of hydrogen-bond acceptors (Lipinski definition) is 0. The average Bonchev–Trinajstić information content (AvgIpc) is 2.59. The van der Waals surface area contributed by atoms with Crippen LogP contribution in [-0.2, 0) is 0 Å². The van der Waals surface area contributed by atoms with Crippen LogP contribution in [0.4, 0.5) is 4.39 Å². The van der Waals surface area contributed by atoms with Gasteiger partial charge in [-0.25, -0.2) is 4.39 Å². The maximum absolute atomic E-state index is 14.0. The molecule has 115 valence electrons. The Morgan fingerprint density at radius 3 is 1.78 bits per heavy atom. The van der Waals surface area contributed by atoms with E-state index in [1.54, 1.807) is 6.07 Å². The van der Waals surface area contributed by atoms with Gasteiger partial charge in [-0.3, -0.25) is 0 Å². The quantitative estimate of drug-likeness (QED) is 0.636. The van der Waals surface area contributed by atoms with Crippen LogP contribution in [0, 0.1) is 12.7 Å². The molecule has 2 heteroatoms. The van der Waals surface area contributed by atoms with Crippen molar-refractivity contribution in [3.05, 3.63) is 95.8 Å². The summed E-state index contributed by atoms with van der Waals surface area (Å²) in [6.07, 6.45) is 0. The number of benzene rings is 3. The Bertz CT molecular complexity index is 729. The molecule has 0 aromatic heterocycles. The molecule has 3 aromatic rings. The fourth-order valence-electron chi connectivity index (χ4n) is 3.15. The summed E-state index contributed by atoms with van der Waals surface area (Å²) in [7, 11) is -1.04. The van der Waals surface area contributed by atoms with E-state index < -0.39 is 8.80 Å². The number of rotatable bonds is 4. The second-order valence-electron chi connectivity index (χ2n) is 5.82. The molecule has 0 aliphatic heterocycles. The molecule has 0 heterocycles. The first-order valence-electron chi connectivity index (χ1n) is 7.91. The molecule has 0 nitrogen and oxygen atoms in total. The molecule has 0 spiro atoms. The van der Waals surface area contributed by atoms with E-state index in [1.165, 1.54) is 10.4 Å². The van der Waals surface area contributed by atoms with Crippen LogP contribution in [0.25, 0.3) is 0 Å². The van der Waals surface area contributed by atoms with E-state index in [0.29, 0.717) is 5.54 Å². The highest BCUT2D eigenvalue weighted by molar-refractivity contribution is 6.86. The van der Waals surface area contributed by atoms with Crippen LogP contribution in [0.5, 0.6) is 0 Å². The molecule has 0 aliphatic rings. The van der Waals surface area contributed by atoms with Crippen LogP contribution >= 0.6 is 0 Å². The Balaban J connectivity index is 2.10. The lowest BCUT2D eigenvalue weighted by Crippen LogP contribution is -2.46. The second kappa shape index (κ2) is 6.92. The molecular formula is C21H20FSi. The van der Waals surface area contributed by atoms with Gasteiger partial charge >= 0.3 is 0 Å². The normalized spacial score (nSPS) is 12.3. The summed E-state index contributed by atoms with van der Waals surface area (Å²) >= 11 is 0. The molecule has 0 amide bonds. The smallest absolute Gasteiger partial charge is 0.128 e. The van der Waals surface area contributed by atoms with Crippen LogP contribution in [0.2, 0.25) is 0 Å². The zero-order valence-corrected chi connectivity index (χ0v) is 14.5. The predicted octanol–water partition coefficient (Wildman–Crippen LogP) is 4.09. The van der Waals surface area contributed by atoms with E-state index in [4.69, 9.17) is 0 Å². The van der Waals surface area contributed by atoms with Crippen molar-refractivity contribution in [2.45, 2.75) is 19.4 Å². The fourth-order valence-corrected chi connectivity index (χ4v) is 6.21. The van der Waals surface area contributed by atoms with Gasteiger partial charge in [0.2, 0.25) is 0 Å². The van der Waals surface area contributed by atoms with Crippen LogP contribution < -0.4 is 10.4 Å². The van der Waals surface area contributed by atoms with Crippen molar-refractivity contribution in [3.63, 3.8) is 0 Å². The Hall–Kier alpha value is -2.19. The van der Waals surface area contributed by atoms with Crippen molar-refractivity contribution in [1.82, 2.24) is 0 Å². The average molecular weight is 319 g/mol. The summed E-state index contributed by atoms with van der Waals surface area (Å²) in [6.45, 7) is 4.12. The zero-order chi connectivity index (χ0) is 16.2. The molecule has 1 atom stereocenters. The van der Waals surface area contributed by atoms with E-state index >= 15 is 0 Å². The second-order valence-corrected chi connectivity index (χ2v) is 8.67. The van der Waals surface area contributed by atoms with Crippen molar-refractivity contribution < 1.29 is 4.39 Å². The highest BCUT2D eigenvalue weighted by Gasteiger charge is 2.26. The van der Waals surface area contributed by atoms with Gasteiger partial charge in [-0.2, -0.15) is 0 Å². The molecule has 3 rings (SSSR count). The minimum Gasteiger partial charge on any atom is -0.207 e. The molecule has 0 N–H and O–H groups in total. The minimum atomic E-state index is -1.04. The van der Waals surface area contributed by atoms with Gasteiger partial charge in [-0.1, -0.05) is 90.1 Å². The molecular weight excluding hydrogens is 299 g/mol. The van der Waals surface area contributed by atoms with Crippen molar-refractivity contribution in [2.24, 2.45) is 0 Å². The molecule has 23 heavy (non-hydrogen) atoms. The van der Waals surface area contributed by atoms with Crippen LogP contribution in [0.1, 0.15) is 23.6 Å². The first-order chi connectivity index (χ1) is 11.2. The maximum Gasteiger partial charge on any atom is 0.128 e. The topological polar surface area (TPSA) is 0 Å². The SMILES string of the molecule is Cc1c(F)cccc1[C@@H](C)[Si](c1ccccc1)c1ccccc1. The van der Waals surface area contributed by atoms with E-state index in [2.05, 4.69) is 61.5 Å².